The highest BCUT2D eigenvalue weighted by atomic mass is 35.5. The molecule has 0 aromatic rings. The van der Waals surface area contributed by atoms with Gasteiger partial charge >= 0.3 is 0 Å². The third kappa shape index (κ3) is 4.87. The van der Waals surface area contributed by atoms with Crippen molar-refractivity contribution < 1.29 is 0 Å². The van der Waals surface area contributed by atoms with E-state index in [1.165, 1.54) is 51.6 Å². The van der Waals surface area contributed by atoms with E-state index in [4.69, 9.17) is 11.6 Å². The summed E-state index contributed by atoms with van der Waals surface area (Å²) in [6.07, 6.45) is 8.18. The second-order valence-electron chi connectivity index (χ2n) is 4.31. The van der Waals surface area contributed by atoms with Gasteiger partial charge in [0.2, 0.25) is 0 Å². The van der Waals surface area contributed by atoms with Crippen LogP contribution in [0, 0.1) is 5.92 Å². The Morgan fingerprint density at radius 2 is 2.00 bits per heavy atom. The Balaban J connectivity index is 1.87. The quantitative estimate of drug-likeness (QED) is 0.454. The fourth-order valence-corrected chi connectivity index (χ4v) is 2.05. The van der Waals surface area contributed by atoms with Gasteiger partial charge in [0, 0.05) is 12.4 Å². The average Bonchev–Trinajstić information content (AvgIpc) is 2.06. The first kappa shape index (κ1) is 11.3. The zero-order valence-electron chi connectivity index (χ0n) is 8.77. The van der Waals surface area contributed by atoms with Gasteiger partial charge in [-0.15, -0.1) is 11.6 Å². The molecule has 0 aromatic heterocycles. The van der Waals surface area contributed by atoms with E-state index >= 15 is 0 Å². The summed E-state index contributed by atoms with van der Waals surface area (Å²) in [7, 11) is 2.25. The molecule has 78 valence electrons. The molecule has 1 saturated carbocycles. The van der Waals surface area contributed by atoms with Crippen LogP contribution in [0.1, 0.15) is 38.5 Å². The second-order valence-corrected chi connectivity index (χ2v) is 4.69. The highest BCUT2D eigenvalue weighted by Gasteiger charge is 2.18. The summed E-state index contributed by atoms with van der Waals surface area (Å²) < 4.78 is 0. The molecule has 0 bridgehead atoms. The van der Waals surface area contributed by atoms with Crippen LogP contribution in [0.4, 0.5) is 0 Å². The molecule has 0 aromatic carbocycles. The van der Waals surface area contributed by atoms with Crippen LogP contribution in [0.15, 0.2) is 0 Å². The lowest BCUT2D eigenvalue weighted by Gasteiger charge is -2.30. The Morgan fingerprint density at radius 3 is 2.54 bits per heavy atom. The van der Waals surface area contributed by atoms with Crippen LogP contribution in [-0.2, 0) is 0 Å². The molecular formula is C11H22ClN. The maximum Gasteiger partial charge on any atom is 0.0223 e. The van der Waals surface area contributed by atoms with E-state index in [-0.39, 0.29) is 0 Å². The second kappa shape index (κ2) is 6.67. The first-order valence-electron chi connectivity index (χ1n) is 5.57. The van der Waals surface area contributed by atoms with Gasteiger partial charge in [-0.1, -0.05) is 12.8 Å². The molecule has 1 aliphatic carbocycles. The molecule has 0 heterocycles. The van der Waals surface area contributed by atoms with Crippen molar-refractivity contribution in [1.82, 2.24) is 4.90 Å². The first-order valence-corrected chi connectivity index (χ1v) is 6.11. The Morgan fingerprint density at radius 1 is 1.23 bits per heavy atom. The summed E-state index contributed by atoms with van der Waals surface area (Å²) in [6.45, 7) is 2.58. The molecule has 0 amide bonds. The van der Waals surface area contributed by atoms with Gasteiger partial charge in [-0.25, -0.2) is 0 Å². The van der Waals surface area contributed by atoms with Gasteiger partial charge in [0.05, 0.1) is 0 Å². The van der Waals surface area contributed by atoms with Crippen molar-refractivity contribution in [3.05, 3.63) is 0 Å². The summed E-state index contributed by atoms with van der Waals surface area (Å²) in [4.78, 5) is 2.48. The number of halogens is 1. The third-order valence-corrected chi connectivity index (χ3v) is 3.24. The minimum Gasteiger partial charge on any atom is -0.306 e. The smallest absolute Gasteiger partial charge is 0.0223 e. The van der Waals surface area contributed by atoms with Crippen molar-refractivity contribution in [2.75, 3.05) is 26.0 Å². The largest absolute Gasteiger partial charge is 0.306 e. The number of alkyl halides is 1. The summed E-state index contributed by atoms with van der Waals surface area (Å²) in [5.41, 5.74) is 0. The zero-order chi connectivity index (χ0) is 9.52. The van der Waals surface area contributed by atoms with Crippen molar-refractivity contribution in [3.8, 4) is 0 Å². The molecule has 0 unspecified atom stereocenters. The van der Waals surface area contributed by atoms with Crippen molar-refractivity contribution in [1.29, 1.82) is 0 Å². The number of hydrogen-bond acceptors (Lipinski definition) is 1. The van der Waals surface area contributed by atoms with Crippen LogP contribution in [0.2, 0.25) is 0 Å². The highest BCUT2D eigenvalue weighted by Crippen LogP contribution is 2.26. The van der Waals surface area contributed by atoms with Crippen LogP contribution < -0.4 is 0 Å². The van der Waals surface area contributed by atoms with Gasteiger partial charge in [0.25, 0.3) is 0 Å². The fourth-order valence-electron chi connectivity index (χ4n) is 1.86. The summed E-state index contributed by atoms with van der Waals surface area (Å²) in [6, 6.07) is 0. The first-order chi connectivity index (χ1) is 6.33. The summed E-state index contributed by atoms with van der Waals surface area (Å²) in [5, 5.41) is 0. The predicted molar refractivity (Wildman–Crippen MR) is 59.4 cm³/mol. The lowest BCUT2D eigenvalue weighted by Crippen LogP contribution is -2.30. The highest BCUT2D eigenvalue weighted by molar-refractivity contribution is 6.17. The van der Waals surface area contributed by atoms with Gasteiger partial charge in [-0.3, -0.25) is 0 Å². The van der Waals surface area contributed by atoms with E-state index in [0.717, 1.165) is 11.8 Å². The predicted octanol–water partition coefficient (Wildman–Crippen LogP) is 3.13. The number of hydrogen-bond donors (Lipinski definition) is 0. The van der Waals surface area contributed by atoms with E-state index in [2.05, 4.69) is 11.9 Å². The maximum atomic E-state index is 5.62. The Labute approximate surface area is 87.4 Å². The Hall–Kier alpha value is 0.250. The monoisotopic (exact) mass is 203 g/mol. The van der Waals surface area contributed by atoms with Gasteiger partial charge in [-0.2, -0.15) is 0 Å². The van der Waals surface area contributed by atoms with E-state index in [1.54, 1.807) is 0 Å². The van der Waals surface area contributed by atoms with Gasteiger partial charge in [0.1, 0.15) is 0 Å². The van der Waals surface area contributed by atoms with Crippen molar-refractivity contribution in [2.24, 2.45) is 5.92 Å². The average molecular weight is 204 g/mol. The molecule has 1 rings (SSSR count). The lowest BCUT2D eigenvalue weighted by molar-refractivity contribution is 0.203. The van der Waals surface area contributed by atoms with Gasteiger partial charge in [-0.05, 0) is 45.2 Å². The van der Waals surface area contributed by atoms with Crippen molar-refractivity contribution in [2.45, 2.75) is 38.5 Å². The van der Waals surface area contributed by atoms with Gasteiger partial charge < -0.3 is 4.90 Å². The number of rotatable bonds is 7. The standard InChI is InChI=1S/C11H22ClN/c1-13(9-4-2-3-8-12)10-11-6-5-7-11/h11H,2-10H2,1H3. The molecule has 13 heavy (non-hydrogen) atoms. The lowest BCUT2D eigenvalue weighted by atomic mass is 9.85. The van der Waals surface area contributed by atoms with Crippen LogP contribution in [0.25, 0.3) is 0 Å². The minimum atomic E-state index is 0.826. The Kier molecular flexibility index (Phi) is 5.81. The molecule has 0 atom stereocenters. The number of unbranched alkanes of at least 4 members (excludes halogenated alkanes) is 2. The molecule has 1 nitrogen and oxygen atoms in total. The van der Waals surface area contributed by atoms with Crippen molar-refractivity contribution >= 4 is 11.6 Å². The fraction of sp³-hybridized carbons (Fsp3) is 1.00. The van der Waals surface area contributed by atoms with Gasteiger partial charge in [0.15, 0.2) is 0 Å². The number of nitrogens with zero attached hydrogens (tertiary/aromatic N) is 1. The van der Waals surface area contributed by atoms with Crippen LogP contribution in [-0.4, -0.2) is 30.9 Å². The minimum absolute atomic E-state index is 0.826. The molecule has 0 aliphatic heterocycles. The van der Waals surface area contributed by atoms with E-state index in [0.29, 0.717) is 0 Å². The molecule has 0 spiro atoms. The summed E-state index contributed by atoms with van der Waals surface area (Å²) >= 11 is 5.62. The van der Waals surface area contributed by atoms with Crippen LogP contribution >= 0.6 is 11.6 Å². The van der Waals surface area contributed by atoms with E-state index in [9.17, 15) is 0 Å². The van der Waals surface area contributed by atoms with E-state index < -0.39 is 0 Å². The normalized spacial score (nSPS) is 17.8. The van der Waals surface area contributed by atoms with Crippen LogP contribution in [0.5, 0.6) is 0 Å². The molecule has 2 heteroatoms. The maximum absolute atomic E-state index is 5.62. The molecule has 0 N–H and O–H groups in total. The molecule has 1 fully saturated rings. The Bertz CT molecular complexity index is 123. The van der Waals surface area contributed by atoms with Crippen LogP contribution in [0.3, 0.4) is 0 Å². The SMILES string of the molecule is CN(CCCCCCl)CC1CCC1. The molecule has 1 aliphatic rings. The zero-order valence-corrected chi connectivity index (χ0v) is 9.52. The van der Waals surface area contributed by atoms with E-state index in [1.807, 2.05) is 0 Å². The molecular weight excluding hydrogens is 182 g/mol. The third-order valence-electron chi connectivity index (χ3n) is 2.97. The molecule has 0 radical (unpaired) electrons. The topological polar surface area (TPSA) is 3.24 Å². The molecule has 0 saturated heterocycles. The summed E-state index contributed by atoms with van der Waals surface area (Å²) in [5.74, 6) is 1.84. The van der Waals surface area contributed by atoms with Crippen molar-refractivity contribution in [3.63, 3.8) is 0 Å².